The first-order valence-corrected chi connectivity index (χ1v) is 9.79. The van der Waals surface area contributed by atoms with Gasteiger partial charge in [0.25, 0.3) is 5.78 Å². The van der Waals surface area contributed by atoms with Gasteiger partial charge in [0.05, 0.1) is 12.1 Å². The van der Waals surface area contributed by atoms with Gasteiger partial charge >= 0.3 is 5.97 Å². The Hall–Kier alpha value is -2.84. The lowest BCUT2D eigenvalue weighted by molar-refractivity contribution is -0.144. The molecule has 9 heteroatoms. The van der Waals surface area contributed by atoms with Crippen LogP contribution < -0.4 is 0 Å². The number of fused-ring (bicyclic) bond motifs is 1. The summed E-state index contributed by atoms with van der Waals surface area (Å²) in [5.41, 5.74) is 4.06. The van der Waals surface area contributed by atoms with E-state index in [1.54, 1.807) is 4.52 Å². The Morgan fingerprint density at radius 3 is 2.79 bits per heavy atom. The summed E-state index contributed by atoms with van der Waals surface area (Å²) in [6, 6.07) is 7.47. The Bertz CT molecular complexity index is 1150. The quantitative estimate of drug-likeness (QED) is 0.463. The van der Waals surface area contributed by atoms with Crippen molar-refractivity contribution in [2.24, 2.45) is 0 Å². The van der Waals surface area contributed by atoms with E-state index >= 15 is 0 Å². The zero-order valence-electron chi connectivity index (χ0n) is 15.2. The molecule has 7 nitrogen and oxygen atoms in total. The molecule has 0 aliphatic rings. The van der Waals surface area contributed by atoms with Crippen LogP contribution in [0.4, 0.5) is 0 Å². The summed E-state index contributed by atoms with van der Waals surface area (Å²) in [5.74, 6) is 0.179. The molecule has 4 rings (SSSR count). The number of aryl methyl sites for hydroxylation is 2. The average molecular weight is 414 g/mol. The van der Waals surface area contributed by atoms with E-state index in [2.05, 4.69) is 20.1 Å². The molecular formula is C19H16ClN5O2S. The Labute approximate surface area is 170 Å². The predicted molar refractivity (Wildman–Crippen MR) is 106 cm³/mol. The van der Waals surface area contributed by atoms with Gasteiger partial charge in [-0.3, -0.25) is 4.79 Å². The minimum Gasteiger partial charge on any atom is -0.459 e. The molecule has 0 spiro atoms. The van der Waals surface area contributed by atoms with Crippen LogP contribution in [-0.2, 0) is 22.6 Å². The van der Waals surface area contributed by atoms with Crippen molar-refractivity contribution in [3.8, 4) is 10.6 Å². The third kappa shape index (κ3) is 3.74. The maximum atomic E-state index is 12.3. The standard InChI is InChI=1S/C19H16ClN5O2S/c1-11-16(12(2)25-19(23-11)21-10-22-25)7-17(26)27-8-15-9-28-18(24-15)13-3-5-14(20)6-4-13/h3-6,9-10H,7-8H2,1-2H3. The van der Waals surface area contributed by atoms with Crippen molar-refractivity contribution in [2.45, 2.75) is 26.9 Å². The van der Waals surface area contributed by atoms with Crippen LogP contribution in [0.1, 0.15) is 22.6 Å². The molecule has 0 aliphatic carbocycles. The number of thiazole rings is 1. The van der Waals surface area contributed by atoms with Gasteiger partial charge in [0, 0.05) is 32.9 Å². The second-order valence-electron chi connectivity index (χ2n) is 6.22. The number of nitrogens with zero attached hydrogens (tertiary/aromatic N) is 5. The average Bonchev–Trinajstić information content (AvgIpc) is 3.33. The van der Waals surface area contributed by atoms with Gasteiger partial charge in [-0.05, 0) is 26.0 Å². The van der Waals surface area contributed by atoms with Crippen molar-refractivity contribution in [2.75, 3.05) is 0 Å². The highest BCUT2D eigenvalue weighted by Gasteiger charge is 2.16. The fourth-order valence-corrected chi connectivity index (χ4v) is 3.80. The summed E-state index contributed by atoms with van der Waals surface area (Å²) in [6.45, 7) is 3.86. The van der Waals surface area contributed by atoms with Gasteiger partial charge in [0.1, 0.15) is 17.9 Å². The molecule has 28 heavy (non-hydrogen) atoms. The van der Waals surface area contributed by atoms with Crippen LogP contribution in [0.2, 0.25) is 5.02 Å². The highest BCUT2D eigenvalue weighted by molar-refractivity contribution is 7.13. The van der Waals surface area contributed by atoms with E-state index < -0.39 is 0 Å². The summed E-state index contributed by atoms with van der Waals surface area (Å²) in [4.78, 5) is 25.3. The van der Waals surface area contributed by atoms with E-state index in [9.17, 15) is 4.79 Å². The van der Waals surface area contributed by atoms with E-state index in [0.717, 1.165) is 27.5 Å². The molecule has 0 N–H and O–H groups in total. The van der Waals surface area contributed by atoms with E-state index in [0.29, 0.717) is 16.5 Å². The number of benzene rings is 1. The van der Waals surface area contributed by atoms with E-state index in [1.807, 2.05) is 43.5 Å². The van der Waals surface area contributed by atoms with Gasteiger partial charge in [0.15, 0.2) is 0 Å². The molecule has 0 bridgehead atoms. The first-order chi connectivity index (χ1) is 13.5. The number of halogens is 1. The Morgan fingerprint density at radius 2 is 2.00 bits per heavy atom. The number of carbonyl (C=O) groups excluding carboxylic acids is 1. The molecule has 142 valence electrons. The van der Waals surface area contributed by atoms with Gasteiger partial charge in [-0.2, -0.15) is 10.1 Å². The molecule has 3 aromatic heterocycles. The lowest BCUT2D eigenvalue weighted by Gasteiger charge is -2.10. The fraction of sp³-hybridized carbons (Fsp3) is 0.211. The van der Waals surface area contributed by atoms with Crippen LogP contribution >= 0.6 is 22.9 Å². The van der Waals surface area contributed by atoms with Crippen molar-refractivity contribution in [3.63, 3.8) is 0 Å². The lowest BCUT2D eigenvalue weighted by Crippen LogP contribution is -2.13. The molecule has 0 radical (unpaired) electrons. The van der Waals surface area contributed by atoms with Gasteiger partial charge in [0.2, 0.25) is 0 Å². The molecule has 0 saturated carbocycles. The molecule has 0 unspecified atom stereocenters. The summed E-state index contributed by atoms with van der Waals surface area (Å²) in [7, 11) is 0. The van der Waals surface area contributed by atoms with Crippen molar-refractivity contribution < 1.29 is 9.53 Å². The van der Waals surface area contributed by atoms with Crippen molar-refractivity contribution in [3.05, 3.63) is 63.6 Å². The molecule has 0 fully saturated rings. The number of ether oxygens (including phenoxy) is 1. The van der Waals surface area contributed by atoms with Gasteiger partial charge in [-0.25, -0.2) is 14.5 Å². The number of esters is 1. The minimum atomic E-state index is -0.339. The van der Waals surface area contributed by atoms with E-state index in [-0.39, 0.29) is 19.0 Å². The number of hydrogen-bond acceptors (Lipinski definition) is 7. The summed E-state index contributed by atoms with van der Waals surface area (Å²) < 4.78 is 7.03. The molecule has 0 amide bonds. The van der Waals surface area contributed by atoms with Crippen LogP contribution in [0.5, 0.6) is 0 Å². The third-order valence-electron chi connectivity index (χ3n) is 4.33. The smallest absolute Gasteiger partial charge is 0.310 e. The summed E-state index contributed by atoms with van der Waals surface area (Å²) in [6.07, 6.45) is 1.56. The number of aromatic nitrogens is 5. The van der Waals surface area contributed by atoms with Crippen LogP contribution in [0.3, 0.4) is 0 Å². The summed E-state index contributed by atoms with van der Waals surface area (Å²) in [5, 5.41) is 7.55. The minimum absolute atomic E-state index is 0.120. The van der Waals surface area contributed by atoms with Crippen LogP contribution in [0, 0.1) is 13.8 Å². The van der Waals surface area contributed by atoms with Crippen LogP contribution in [0.15, 0.2) is 36.0 Å². The van der Waals surface area contributed by atoms with Crippen molar-refractivity contribution in [1.82, 2.24) is 24.6 Å². The van der Waals surface area contributed by atoms with E-state index in [4.69, 9.17) is 16.3 Å². The molecule has 0 saturated heterocycles. The molecule has 1 aromatic carbocycles. The topological polar surface area (TPSA) is 82.3 Å². The maximum Gasteiger partial charge on any atom is 0.310 e. The SMILES string of the molecule is Cc1nc2ncnn2c(C)c1CC(=O)OCc1csc(-c2ccc(Cl)cc2)n1. The molecule has 3 heterocycles. The first kappa shape index (κ1) is 18.5. The number of carbonyl (C=O) groups is 1. The fourth-order valence-electron chi connectivity index (χ4n) is 2.86. The Kier molecular flexibility index (Phi) is 5.06. The highest BCUT2D eigenvalue weighted by atomic mass is 35.5. The Balaban J connectivity index is 1.42. The van der Waals surface area contributed by atoms with Gasteiger partial charge < -0.3 is 4.74 Å². The highest BCUT2D eigenvalue weighted by Crippen LogP contribution is 2.25. The second kappa shape index (κ2) is 7.65. The zero-order chi connectivity index (χ0) is 19.7. The monoisotopic (exact) mass is 413 g/mol. The summed E-state index contributed by atoms with van der Waals surface area (Å²) >= 11 is 7.41. The normalized spacial score (nSPS) is 11.1. The van der Waals surface area contributed by atoms with Crippen molar-refractivity contribution >= 4 is 34.7 Å². The molecule has 4 aromatic rings. The molecular weight excluding hydrogens is 398 g/mol. The van der Waals surface area contributed by atoms with Crippen molar-refractivity contribution in [1.29, 1.82) is 0 Å². The second-order valence-corrected chi connectivity index (χ2v) is 7.52. The number of rotatable bonds is 5. The Morgan fingerprint density at radius 1 is 1.21 bits per heavy atom. The largest absolute Gasteiger partial charge is 0.459 e. The van der Waals surface area contributed by atoms with Crippen LogP contribution in [-0.4, -0.2) is 30.5 Å². The van der Waals surface area contributed by atoms with Crippen LogP contribution in [0.25, 0.3) is 16.3 Å². The van der Waals surface area contributed by atoms with Gasteiger partial charge in [-0.1, -0.05) is 23.7 Å². The predicted octanol–water partition coefficient (Wildman–Crippen LogP) is 3.80. The van der Waals surface area contributed by atoms with Gasteiger partial charge in [-0.15, -0.1) is 11.3 Å². The number of hydrogen-bond donors (Lipinski definition) is 0. The molecule has 0 atom stereocenters. The zero-order valence-corrected chi connectivity index (χ0v) is 16.8. The maximum absolute atomic E-state index is 12.3. The first-order valence-electron chi connectivity index (χ1n) is 8.53. The van der Waals surface area contributed by atoms with E-state index in [1.165, 1.54) is 17.7 Å². The molecule has 0 aliphatic heterocycles. The lowest BCUT2D eigenvalue weighted by atomic mass is 10.1. The third-order valence-corrected chi connectivity index (χ3v) is 5.53.